The van der Waals surface area contributed by atoms with Crippen LogP contribution in [0.3, 0.4) is 0 Å². The molecule has 0 unspecified atom stereocenters. The fourth-order valence-electron chi connectivity index (χ4n) is 2.94. The van der Waals surface area contributed by atoms with Crippen LogP contribution in [0.15, 0.2) is 0 Å². The second-order valence-corrected chi connectivity index (χ2v) is 5.15. The molecule has 14 heavy (non-hydrogen) atoms. The first-order chi connectivity index (χ1) is 6.55. The molecule has 0 aromatic carbocycles. The second kappa shape index (κ2) is 3.23. The summed E-state index contributed by atoms with van der Waals surface area (Å²) in [6, 6.07) is 0.677. The van der Waals surface area contributed by atoms with Gasteiger partial charge in [0.1, 0.15) is 0 Å². The van der Waals surface area contributed by atoms with E-state index in [0.29, 0.717) is 6.04 Å². The maximum absolute atomic E-state index is 10.8. The zero-order valence-electron chi connectivity index (χ0n) is 8.99. The summed E-state index contributed by atoms with van der Waals surface area (Å²) >= 11 is 0. The number of carboxylic acids is 1. The molecule has 1 spiro atoms. The van der Waals surface area contributed by atoms with Gasteiger partial charge in [-0.3, -0.25) is 4.79 Å². The number of hydrogen-bond donors (Lipinski definition) is 1. The Morgan fingerprint density at radius 1 is 1.36 bits per heavy atom. The molecule has 80 valence electrons. The number of carboxylic acid groups (broad SMARTS) is 1. The molecule has 0 saturated heterocycles. The molecule has 1 N–H and O–H groups in total. The van der Waals surface area contributed by atoms with Crippen LogP contribution < -0.4 is 0 Å². The zero-order chi connectivity index (χ0) is 10.3. The molecule has 1 atom stereocenters. The van der Waals surface area contributed by atoms with Crippen molar-refractivity contribution in [3.05, 3.63) is 0 Å². The highest BCUT2D eigenvalue weighted by atomic mass is 16.4. The van der Waals surface area contributed by atoms with E-state index in [-0.39, 0.29) is 11.3 Å². The van der Waals surface area contributed by atoms with Crippen molar-refractivity contribution >= 4 is 5.97 Å². The highest BCUT2D eigenvalue weighted by Crippen LogP contribution is 2.61. The molecule has 0 amide bonds. The minimum atomic E-state index is -0.576. The Hall–Kier alpha value is -0.570. The second-order valence-electron chi connectivity index (χ2n) is 5.15. The van der Waals surface area contributed by atoms with Gasteiger partial charge in [-0.15, -0.1) is 0 Å². The predicted molar refractivity (Wildman–Crippen MR) is 54.1 cm³/mol. The van der Waals surface area contributed by atoms with Crippen molar-refractivity contribution in [1.29, 1.82) is 0 Å². The third-order valence-electron chi connectivity index (χ3n) is 4.17. The SMILES string of the molecule is CN(C)C1CCC2(CC1)C[C@@H]2C(=O)O. The van der Waals surface area contributed by atoms with Crippen molar-refractivity contribution < 1.29 is 9.90 Å². The zero-order valence-corrected chi connectivity index (χ0v) is 8.99. The van der Waals surface area contributed by atoms with Gasteiger partial charge in [-0.05, 0) is 51.6 Å². The monoisotopic (exact) mass is 197 g/mol. The Morgan fingerprint density at radius 3 is 2.29 bits per heavy atom. The largest absolute Gasteiger partial charge is 0.481 e. The summed E-state index contributed by atoms with van der Waals surface area (Å²) in [5.74, 6) is -0.598. The molecule has 3 nitrogen and oxygen atoms in total. The molecule has 0 aliphatic heterocycles. The van der Waals surface area contributed by atoms with Crippen LogP contribution in [0.25, 0.3) is 0 Å². The summed E-state index contributed by atoms with van der Waals surface area (Å²) in [6.45, 7) is 0. The van der Waals surface area contributed by atoms with Gasteiger partial charge in [-0.2, -0.15) is 0 Å². The molecule has 2 rings (SSSR count). The first-order valence-corrected chi connectivity index (χ1v) is 5.44. The van der Waals surface area contributed by atoms with Crippen molar-refractivity contribution in [2.24, 2.45) is 11.3 Å². The molecule has 0 bridgehead atoms. The van der Waals surface area contributed by atoms with Gasteiger partial charge in [-0.1, -0.05) is 0 Å². The third-order valence-corrected chi connectivity index (χ3v) is 4.17. The minimum Gasteiger partial charge on any atom is -0.481 e. The van der Waals surface area contributed by atoms with Crippen molar-refractivity contribution in [3.63, 3.8) is 0 Å². The maximum Gasteiger partial charge on any atom is 0.307 e. The van der Waals surface area contributed by atoms with Gasteiger partial charge in [0.15, 0.2) is 0 Å². The van der Waals surface area contributed by atoms with Gasteiger partial charge in [0.25, 0.3) is 0 Å². The normalized spacial score (nSPS) is 41.6. The van der Waals surface area contributed by atoms with Gasteiger partial charge in [0.2, 0.25) is 0 Å². The third kappa shape index (κ3) is 1.54. The molecule has 2 saturated carbocycles. The lowest BCUT2D eigenvalue weighted by Gasteiger charge is -2.33. The molecule has 0 aromatic heterocycles. The Labute approximate surface area is 85.1 Å². The van der Waals surface area contributed by atoms with Crippen LogP contribution in [0.4, 0.5) is 0 Å². The molecule has 0 radical (unpaired) electrons. The van der Waals surface area contributed by atoms with Crippen molar-refractivity contribution in [3.8, 4) is 0 Å². The lowest BCUT2D eigenvalue weighted by molar-refractivity contribution is -0.139. The number of carbonyl (C=O) groups is 1. The summed E-state index contributed by atoms with van der Waals surface area (Å²) in [6.07, 6.45) is 5.52. The topological polar surface area (TPSA) is 40.5 Å². The average molecular weight is 197 g/mol. The number of nitrogens with zero attached hydrogens (tertiary/aromatic N) is 1. The van der Waals surface area contributed by atoms with Crippen LogP contribution in [0.1, 0.15) is 32.1 Å². The van der Waals surface area contributed by atoms with E-state index in [0.717, 1.165) is 19.3 Å². The number of hydrogen-bond acceptors (Lipinski definition) is 2. The maximum atomic E-state index is 10.8. The fraction of sp³-hybridized carbons (Fsp3) is 0.909. The molecule has 2 aliphatic carbocycles. The van der Waals surface area contributed by atoms with Crippen molar-refractivity contribution in [2.45, 2.75) is 38.1 Å². The van der Waals surface area contributed by atoms with Gasteiger partial charge >= 0.3 is 5.97 Å². The molecule has 3 heteroatoms. The highest BCUT2D eigenvalue weighted by Gasteiger charge is 2.58. The van der Waals surface area contributed by atoms with Crippen LogP contribution >= 0.6 is 0 Å². The quantitative estimate of drug-likeness (QED) is 0.730. The molecule has 0 heterocycles. The molecule has 2 fully saturated rings. The summed E-state index contributed by atoms with van der Waals surface area (Å²) in [7, 11) is 4.23. The number of aliphatic carboxylic acids is 1. The van der Waals surface area contributed by atoms with Crippen LogP contribution in [0, 0.1) is 11.3 Å². The van der Waals surface area contributed by atoms with E-state index in [1.165, 1.54) is 12.8 Å². The van der Waals surface area contributed by atoms with Gasteiger partial charge in [-0.25, -0.2) is 0 Å². The highest BCUT2D eigenvalue weighted by molar-refractivity contribution is 5.74. The first kappa shape index (κ1) is 9.97. The van der Waals surface area contributed by atoms with E-state index in [9.17, 15) is 4.79 Å². The van der Waals surface area contributed by atoms with E-state index in [2.05, 4.69) is 19.0 Å². The fourth-order valence-corrected chi connectivity index (χ4v) is 2.94. The van der Waals surface area contributed by atoms with Gasteiger partial charge in [0.05, 0.1) is 5.92 Å². The van der Waals surface area contributed by atoms with E-state index in [4.69, 9.17) is 5.11 Å². The van der Waals surface area contributed by atoms with E-state index in [1.54, 1.807) is 0 Å². The average Bonchev–Trinajstić information content (AvgIpc) is 2.80. The van der Waals surface area contributed by atoms with E-state index in [1.807, 2.05) is 0 Å². The summed E-state index contributed by atoms with van der Waals surface area (Å²) in [4.78, 5) is 13.1. The lowest BCUT2D eigenvalue weighted by Crippen LogP contribution is -2.33. The smallest absolute Gasteiger partial charge is 0.307 e. The first-order valence-electron chi connectivity index (χ1n) is 5.44. The van der Waals surface area contributed by atoms with Crippen LogP contribution in [0.5, 0.6) is 0 Å². The van der Waals surface area contributed by atoms with E-state index < -0.39 is 5.97 Å². The summed E-state index contributed by atoms with van der Waals surface area (Å²) < 4.78 is 0. The van der Waals surface area contributed by atoms with Crippen molar-refractivity contribution in [2.75, 3.05) is 14.1 Å². The Balaban J connectivity index is 1.89. The van der Waals surface area contributed by atoms with Crippen LogP contribution in [-0.4, -0.2) is 36.1 Å². The minimum absolute atomic E-state index is 0.0226. The van der Waals surface area contributed by atoms with Crippen LogP contribution in [-0.2, 0) is 4.79 Å². The van der Waals surface area contributed by atoms with Crippen LogP contribution in [0.2, 0.25) is 0 Å². The lowest BCUT2D eigenvalue weighted by atomic mass is 9.81. The molecule has 0 aromatic rings. The van der Waals surface area contributed by atoms with Crippen molar-refractivity contribution in [1.82, 2.24) is 4.90 Å². The summed E-state index contributed by atoms with van der Waals surface area (Å²) in [5, 5.41) is 8.94. The predicted octanol–water partition coefficient (Wildman–Crippen LogP) is 1.58. The van der Waals surface area contributed by atoms with Gasteiger partial charge < -0.3 is 10.0 Å². The Bertz CT molecular complexity index is 242. The number of rotatable bonds is 2. The van der Waals surface area contributed by atoms with Gasteiger partial charge in [0, 0.05) is 6.04 Å². The standard InChI is InChI=1S/C11H19NO2/c1-12(2)8-3-5-11(6-4-8)7-9(11)10(13)14/h8-9H,3-7H2,1-2H3,(H,13,14)/t8?,9-,11?/m1/s1. The molecular weight excluding hydrogens is 178 g/mol. The summed E-state index contributed by atoms with van der Waals surface area (Å²) in [5.41, 5.74) is 0.207. The Kier molecular flexibility index (Phi) is 2.30. The molecule has 2 aliphatic rings. The molecular formula is C11H19NO2. The Morgan fingerprint density at radius 2 is 1.93 bits per heavy atom. The van der Waals surface area contributed by atoms with E-state index >= 15 is 0 Å².